The second-order valence-electron chi connectivity index (χ2n) is 11.0. The van der Waals surface area contributed by atoms with Crippen LogP contribution in [0.1, 0.15) is 62.5 Å². The van der Waals surface area contributed by atoms with Crippen molar-refractivity contribution >= 4 is 29.2 Å². The van der Waals surface area contributed by atoms with Crippen LogP contribution in [0.25, 0.3) is 0 Å². The smallest absolute Gasteiger partial charge is 0.325 e. The Morgan fingerprint density at radius 1 is 1.05 bits per heavy atom. The Balaban J connectivity index is 1.59. The minimum Gasteiger partial charge on any atom is -0.465 e. The molecule has 2 aliphatic carbocycles. The SMILES string of the molecule is CCOC(=O)CN1C(=O)N(Cc2cccs2)[C@H]2CC3c4ccccc4C[C@]3(C)[C@@H](C(=O)N(CC)CC)C[C@H]21. The molecule has 1 aromatic carbocycles. The maximum Gasteiger partial charge on any atom is 0.325 e. The van der Waals surface area contributed by atoms with Crippen molar-refractivity contribution in [1.29, 1.82) is 0 Å². The fraction of sp³-hybridized carbons (Fsp3) is 0.567. The zero-order valence-electron chi connectivity index (χ0n) is 22.9. The molecule has 38 heavy (non-hydrogen) atoms. The summed E-state index contributed by atoms with van der Waals surface area (Å²) in [6, 6.07) is 12.2. The Labute approximate surface area is 229 Å². The first-order chi connectivity index (χ1) is 18.3. The summed E-state index contributed by atoms with van der Waals surface area (Å²) in [5.41, 5.74) is 2.36. The first-order valence-electron chi connectivity index (χ1n) is 13.9. The van der Waals surface area contributed by atoms with Crippen molar-refractivity contribution in [2.45, 2.75) is 71.5 Å². The predicted octanol–water partition coefficient (Wildman–Crippen LogP) is 4.91. The summed E-state index contributed by atoms with van der Waals surface area (Å²) in [4.78, 5) is 47.5. The zero-order valence-corrected chi connectivity index (χ0v) is 23.7. The summed E-state index contributed by atoms with van der Waals surface area (Å²) in [6.07, 6.45) is 2.17. The average Bonchev–Trinajstić information content (AvgIpc) is 3.55. The maximum atomic E-state index is 14.2. The number of thiophene rings is 1. The Kier molecular flexibility index (Phi) is 7.54. The third-order valence-corrected chi connectivity index (χ3v) is 10.0. The standard InChI is InChI=1S/C30H39N3O4S/c1-5-31(6-2)28(35)24-16-26-25(15-23-22-13-9-8-11-20(22)17-30(23,24)4)32(18-21-12-10-14-38-21)29(36)33(26)19-27(34)37-7-3/h8-14,23-26H,5-7,15-19H2,1-4H3/t23?,24-,25+,26-,30+/m1/s1. The van der Waals surface area contributed by atoms with E-state index in [1.807, 2.05) is 35.1 Å². The van der Waals surface area contributed by atoms with E-state index < -0.39 is 5.97 Å². The van der Waals surface area contributed by atoms with Gasteiger partial charge in [-0.15, -0.1) is 11.3 Å². The van der Waals surface area contributed by atoms with Gasteiger partial charge in [-0.3, -0.25) is 9.59 Å². The topological polar surface area (TPSA) is 70.2 Å². The molecular weight excluding hydrogens is 498 g/mol. The van der Waals surface area contributed by atoms with Gasteiger partial charge in [0.1, 0.15) is 6.54 Å². The average molecular weight is 538 g/mol. The van der Waals surface area contributed by atoms with Crippen LogP contribution in [0.4, 0.5) is 4.79 Å². The van der Waals surface area contributed by atoms with Crippen molar-refractivity contribution in [3.63, 3.8) is 0 Å². The van der Waals surface area contributed by atoms with E-state index in [1.54, 1.807) is 23.2 Å². The van der Waals surface area contributed by atoms with Gasteiger partial charge in [-0.25, -0.2) is 4.79 Å². The van der Waals surface area contributed by atoms with E-state index in [0.717, 1.165) is 17.7 Å². The number of benzene rings is 1. The van der Waals surface area contributed by atoms with Crippen LogP contribution in [-0.4, -0.2) is 70.9 Å². The van der Waals surface area contributed by atoms with Crippen LogP contribution in [0.3, 0.4) is 0 Å². The zero-order chi connectivity index (χ0) is 27.0. The van der Waals surface area contributed by atoms with Crippen LogP contribution < -0.4 is 0 Å². The number of nitrogens with zero attached hydrogens (tertiary/aromatic N) is 3. The quantitative estimate of drug-likeness (QED) is 0.449. The lowest BCUT2D eigenvalue weighted by atomic mass is 9.66. The molecule has 1 aliphatic heterocycles. The van der Waals surface area contributed by atoms with Gasteiger partial charge in [-0.2, -0.15) is 0 Å². The highest BCUT2D eigenvalue weighted by molar-refractivity contribution is 7.09. The number of hydrogen-bond acceptors (Lipinski definition) is 5. The summed E-state index contributed by atoms with van der Waals surface area (Å²) in [5.74, 6) is -0.338. The van der Waals surface area contributed by atoms with Crippen LogP contribution in [0.15, 0.2) is 41.8 Å². The minimum atomic E-state index is -0.398. The molecule has 1 aromatic heterocycles. The molecule has 204 valence electrons. The number of carbonyl (C=O) groups is 3. The number of amides is 3. The van der Waals surface area contributed by atoms with Gasteiger partial charge >= 0.3 is 12.0 Å². The van der Waals surface area contributed by atoms with Gasteiger partial charge in [-0.05, 0) is 73.9 Å². The molecule has 0 radical (unpaired) electrons. The molecule has 5 rings (SSSR count). The number of hydrogen-bond donors (Lipinski definition) is 0. The van der Waals surface area contributed by atoms with Crippen molar-refractivity contribution in [1.82, 2.24) is 14.7 Å². The van der Waals surface area contributed by atoms with Crippen molar-refractivity contribution in [2.24, 2.45) is 11.3 Å². The summed E-state index contributed by atoms with van der Waals surface area (Å²) in [5, 5.41) is 2.03. The van der Waals surface area contributed by atoms with E-state index in [0.29, 0.717) is 26.1 Å². The fourth-order valence-electron chi connectivity index (χ4n) is 7.30. The minimum absolute atomic E-state index is 0.0844. The van der Waals surface area contributed by atoms with E-state index in [4.69, 9.17) is 4.74 Å². The molecule has 0 spiro atoms. The second-order valence-corrected chi connectivity index (χ2v) is 12.1. The predicted molar refractivity (Wildman–Crippen MR) is 148 cm³/mol. The molecule has 1 unspecified atom stereocenters. The fourth-order valence-corrected chi connectivity index (χ4v) is 8.00. The Hall–Kier alpha value is -2.87. The largest absolute Gasteiger partial charge is 0.465 e. The summed E-state index contributed by atoms with van der Waals surface area (Å²) in [6.45, 7) is 10.1. The van der Waals surface area contributed by atoms with Crippen molar-refractivity contribution in [2.75, 3.05) is 26.2 Å². The monoisotopic (exact) mass is 537 g/mol. The van der Waals surface area contributed by atoms with Gasteiger partial charge in [0.05, 0.1) is 25.2 Å². The summed E-state index contributed by atoms with van der Waals surface area (Å²) < 4.78 is 5.27. The van der Waals surface area contributed by atoms with Gasteiger partial charge in [0.25, 0.3) is 0 Å². The molecule has 1 saturated carbocycles. The van der Waals surface area contributed by atoms with E-state index in [-0.39, 0.29) is 54.4 Å². The van der Waals surface area contributed by atoms with E-state index >= 15 is 0 Å². The Morgan fingerprint density at radius 3 is 2.47 bits per heavy atom. The molecule has 2 fully saturated rings. The molecule has 3 amide bonds. The summed E-state index contributed by atoms with van der Waals surface area (Å²) in [7, 11) is 0. The molecule has 0 bridgehead atoms. The first-order valence-corrected chi connectivity index (χ1v) is 14.8. The van der Waals surface area contributed by atoms with Crippen molar-refractivity contribution in [3.8, 4) is 0 Å². The number of fused-ring (bicyclic) bond motifs is 4. The highest BCUT2D eigenvalue weighted by atomic mass is 32.1. The van der Waals surface area contributed by atoms with Gasteiger partial charge in [0.2, 0.25) is 5.91 Å². The van der Waals surface area contributed by atoms with Crippen LogP contribution in [0, 0.1) is 11.3 Å². The van der Waals surface area contributed by atoms with Crippen LogP contribution in [0.5, 0.6) is 0 Å². The molecule has 0 N–H and O–H groups in total. The lowest BCUT2D eigenvalue weighted by molar-refractivity contribution is -0.144. The normalized spacial score (nSPS) is 27.9. The number of ether oxygens (including phenoxy) is 1. The lowest BCUT2D eigenvalue weighted by Gasteiger charge is -2.40. The highest BCUT2D eigenvalue weighted by Gasteiger charge is 2.59. The molecule has 3 aliphatic rings. The molecule has 8 heteroatoms. The third-order valence-electron chi connectivity index (χ3n) is 9.17. The van der Waals surface area contributed by atoms with E-state index in [1.165, 1.54) is 11.1 Å². The van der Waals surface area contributed by atoms with Crippen molar-refractivity contribution in [3.05, 3.63) is 57.8 Å². The van der Waals surface area contributed by atoms with Crippen LogP contribution in [0.2, 0.25) is 0 Å². The van der Waals surface area contributed by atoms with E-state index in [2.05, 4.69) is 37.3 Å². The van der Waals surface area contributed by atoms with Gasteiger partial charge < -0.3 is 19.4 Å². The Bertz CT molecular complexity index is 1180. The van der Waals surface area contributed by atoms with Gasteiger partial charge in [-0.1, -0.05) is 37.3 Å². The molecule has 1 saturated heterocycles. The third kappa shape index (κ3) is 4.51. The highest BCUT2D eigenvalue weighted by Crippen LogP contribution is 2.58. The molecule has 7 nitrogen and oxygen atoms in total. The Morgan fingerprint density at radius 2 is 1.79 bits per heavy atom. The number of rotatable bonds is 8. The molecule has 2 heterocycles. The molecule has 2 aromatic rings. The second kappa shape index (κ2) is 10.7. The number of urea groups is 1. The van der Waals surface area contributed by atoms with Crippen LogP contribution in [-0.2, 0) is 27.3 Å². The summed E-state index contributed by atoms with van der Waals surface area (Å²) >= 11 is 1.64. The number of esters is 1. The van der Waals surface area contributed by atoms with Gasteiger partial charge in [0.15, 0.2) is 0 Å². The molecular formula is C30H39N3O4S. The first kappa shape index (κ1) is 26.7. The van der Waals surface area contributed by atoms with Crippen LogP contribution >= 0.6 is 11.3 Å². The molecule has 5 atom stereocenters. The maximum absolute atomic E-state index is 14.2. The van der Waals surface area contributed by atoms with Gasteiger partial charge in [0, 0.05) is 23.9 Å². The van der Waals surface area contributed by atoms with E-state index in [9.17, 15) is 14.4 Å². The van der Waals surface area contributed by atoms with Crippen molar-refractivity contribution < 1.29 is 19.1 Å². The lowest BCUT2D eigenvalue weighted by Crippen LogP contribution is -2.47. The number of carbonyl (C=O) groups excluding carboxylic acids is 3.